The van der Waals surface area contributed by atoms with Crippen LogP contribution in [0.4, 0.5) is 0 Å². The van der Waals surface area contributed by atoms with Crippen LogP contribution in [0.15, 0.2) is 60.9 Å². The standard InChI is InChI=1S/C15H10ClN3.CH4/c16-11-9-14(12-5-1-3-7-17-12)19-15(10-11)13-6-2-4-8-18-13;/h1-10H;1H4. The fourth-order valence-corrected chi connectivity index (χ4v) is 1.99. The number of nitrogens with zero attached hydrogens (tertiary/aromatic N) is 3. The SMILES string of the molecule is C.Clc1cc(-c2ccccn2)nc(-c2ccccn2)c1. The van der Waals surface area contributed by atoms with Gasteiger partial charge in [0.15, 0.2) is 0 Å². The Labute approximate surface area is 123 Å². The first-order valence-corrected chi connectivity index (χ1v) is 6.21. The van der Waals surface area contributed by atoms with E-state index in [4.69, 9.17) is 11.6 Å². The molecule has 0 saturated carbocycles. The van der Waals surface area contributed by atoms with Crippen LogP contribution >= 0.6 is 11.6 Å². The Bertz CT molecular complexity index is 627. The lowest BCUT2D eigenvalue weighted by Gasteiger charge is -2.05. The fraction of sp³-hybridized carbons (Fsp3) is 0.0625. The van der Waals surface area contributed by atoms with Gasteiger partial charge in [0.1, 0.15) is 0 Å². The minimum absolute atomic E-state index is 0. The van der Waals surface area contributed by atoms with Crippen molar-refractivity contribution in [2.75, 3.05) is 0 Å². The van der Waals surface area contributed by atoms with E-state index in [-0.39, 0.29) is 7.43 Å². The van der Waals surface area contributed by atoms with Crippen LogP contribution in [-0.2, 0) is 0 Å². The Hall–Kier alpha value is -2.26. The Kier molecular flexibility index (Phi) is 4.43. The summed E-state index contributed by atoms with van der Waals surface area (Å²) in [5.41, 5.74) is 3.08. The molecule has 4 heteroatoms. The first-order valence-electron chi connectivity index (χ1n) is 5.83. The lowest BCUT2D eigenvalue weighted by atomic mass is 10.2. The molecular weight excluding hydrogens is 270 g/mol. The molecule has 0 N–H and O–H groups in total. The third-order valence-corrected chi connectivity index (χ3v) is 2.86. The average Bonchev–Trinajstić information content (AvgIpc) is 2.48. The number of hydrogen-bond donors (Lipinski definition) is 0. The normalized spacial score (nSPS) is 9.85. The summed E-state index contributed by atoms with van der Waals surface area (Å²) in [6, 6.07) is 15.0. The first-order chi connectivity index (χ1) is 9.33. The number of pyridine rings is 3. The van der Waals surface area contributed by atoms with Crippen molar-refractivity contribution in [3.63, 3.8) is 0 Å². The highest BCUT2D eigenvalue weighted by atomic mass is 35.5. The van der Waals surface area contributed by atoms with Crippen molar-refractivity contribution in [2.45, 2.75) is 7.43 Å². The van der Waals surface area contributed by atoms with Crippen molar-refractivity contribution in [1.29, 1.82) is 0 Å². The highest BCUT2D eigenvalue weighted by Gasteiger charge is 2.07. The van der Waals surface area contributed by atoms with Crippen LogP contribution in [0.25, 0.3) is 22.8 Å². The smallest absolute Gasteiger partial charge is 0.0909 e. The Balaban J connectivity index is 0.00000147. The van der Waals surface area contributed by atoms with Crippen molar-refractivity contribution in [1.82, 2.24) is 15.0 Å². The maximum atomic E-state index is 6.15. The van der Waals surface area contributed by atoms with E-state index in [9.17, 15) is 0 Å². The Morgan fingerprint density at radius 2 is 1.20 bits per heavy atom. The van der Waals surface area contributed by atoms with Gasteiger partial charge in [0.2, 0.25) is 0 Å². The highest BCUT2D eigenvalue weighted by molar-refractivity contribution is 6.31. The molecule has 3 aromatic rings. The number of rotatable bonds is 2. The van der Waals surface area contributed by atoms with Crippen LogP contribution in [-0.4, -0.2) is 15.0 Å². The van der Waals surface area contributed by atoms with Gasteiger partial charge in [0.25, 0.3) is 0 Å². The van der Waals surface area contributed by atoms with Gasteiger partial charge in [-0.05, 0) is 36.4 Å². The van der Waals surface area contributed by atoms with Gasteiger partial charge in [0.05, 0.1) is 22.8 Å². The van der Waals surface area contributed by atoms with Crippen molar-refractivity contribution in [3.8, 4) is 22.8 Å². The molecule has 0 aliphatic rings. The zero-order valence-electron chi connectivity index (χ0n) is 9.99. The molecule has 0 aromatic carbocycles. The molecule has 3 aromatic heterocycles. The van der Waals surface area contributed by atoms with Gasteiger partial charge in [-0.25, -0.2) is 4.98 Å². The molecule has 3 heterocycles. The summed E-state index contributed by atoms with van der Waals surface area (Å²) in [5, 5.41) is 0.622. The molecular formula is C16H14ClN3. The number of halogens is 1. The van der Waals surface area contributed by atoms with Gasteiger partial charge >= 0.3 is 0 Å². The van der Waals surface area contributed by atoms with E-state index in [0.717, 1.165) is 22.8 Å². The average molecular weight is 284 g/mol. The minimum atomic E-state index is 0. The molecule has 100 valence electrons. The molecule has 3 nitrogen and oxygen atoms in total. The maximum Gasteiger partial charge on any atom is 0.0909 e. The Morgan fingerprint density at radius 1 is 0.700 bits per heavy atom. The summed E-state index contributed by atoms with van der Waals surface area (Å²) in [5.74, 6) is 0. The van der Waals surface area contributed by atoms with Gasteiger partial charge in [-0.2, -0.15) is 0 Å². The minimum Gasteiger partial charge on any atom is -0.255 e. The van der Waals surface area contributed by atoms with E-state index in [1.165, 1.54) is 0 Å². The second kappa shape index (κ2) is 6.26. The number of hydrogen-bond acceptors (Lipinski definition) is 3. The summed E-state index contributed by atoms with van der Waals surface area (Å²) in [6.45, 7) is 0. The van der Waals surface area contributed by atoms with Crippen LogP contribution in [0.5, 0.6) is 0 Å². The topological polar surface area (TPSA) is 38.7 Å². The fourth-order valence-electron chi connectivity index (χ4n) is 1.79. The summed E-state index contributed by atoms with van der Waals surface area (Å²) >= 11 is 6.15. The highest BCUT2D eigenvalue weighted by Crippen LogP contribution is 2.24. The second-order valence-electron chi connectivity index (χ2n) is 3.99. The third-order valence-electron chi connectivity index (χ3n) is 2.64. The van der Waals surface area contributed by atoms with Crippen LogP contribution < -0.4 is 0 Å². The predicted molar refractivity (Wildman–Crippen MR) is 82.4 cm³/mol. The van der Waals surface area contributed by atoms with Crippen LogP contribution in [0, 0.1) is 0 Å². The molecule has 20 heavy (non-hydrogen) atoms. The van der Waals surface area contributed by atoms with Gasteiger partial charge in [0, 0.05) is 17.4 Å². The van der Waals surface area contributed by atoms with Crippen LogP contribution in [0.3, 0.4) is 0 Å². The molecule has 3 rings (SSSR count). The zero-order valence-corrected chi connectivity index (χ0v) is 10.7. The summed E-state index contributed by atoms with van der Waals surface area (Å²) < 4.78 is 0. The monoisotopic (exact) mass is 283 g/mol. The molecule has 0 aliphatic heterocycles. The van der Waals surface area contributed by atoms with E-state index in [0.29, 0.717) is 5.02 Å². The quantitative estimate of drug-likeness (QED) is 0.695. The van der Waals surface area contributed by atoms with Crippen LogP contribution in [0.1, 0.15) is 7.43 Å². The van der Waals surface area contributed by atoms with Crippen molar-refractivity contribution < 1.29 is 0 Å². The van der Waals surface area contributed by atoms with Crippen molar-refractivity contribution in [3.05, 3.63) is 65.9 Å². The summed E-state index contributed by atoms with van der Waals surface area (Å²) in [7, 11) is 0. The molecule has 0 atom stereocenters. The molecule has 0 radical (unpaired) electrons. The lowest BCUT2D eigenvalue weighted by molar-refractivity contribution is 1.22. The van der Waals surface area contributed by atoms with Gasteiger partial charge in [-0.15, -0.1) is 0 Å². The molecule has 0 amide bonds. The largest absolute Gasteiger partial charge is 0.255 e. The Morgan fingerprint density at radius 3 is 1.60 bits per heavy atom. The van der Waals surface area contributed by atoms with E-state index in [2.05, 4.69) is 15.0 Å². The van der Waals surface area contributed by atoms with Crippen molar-refractivity contribution >= 4 is 11.6 Å². The molecule has 0 saturated heterocycles. The van der Waals surface area contributed by atoms with Gasteiger partial charge < -0.3 is 0 Å². The molecule has 0 bridgehead atoms. The predicted octanol–water partition coefficient (Wildman–Crippen LogP) is 4.50. The second-order valence-corrected chi connectivity index (χ2v) is 4.42. The molecule has 0 aliphatic carbocycles. The zero-order chi connectivity index (χ0) is 13.1. The van der Waals surface area contributed by atoms with E-state index in [1.807, 2.05) is 36.4 Å². The maximum absolute atomic E-state index is 6.15. The molecule has 0 spiro atoms. The van der Waals surface area contributed by atoms with Gasteiger partial charge in [-0.1, -0.05) is 31.2 Å². The number of aromatic nitrogens is 3. The summed E-state index contributed by atoms with van der Waals surface area (Å²) in [6.07, 6.45) is 3.47. The van der Waals surface area contributed by atoms with E-state index in [1.54, 1.807) is 24.5 Å². The van der Waals surface area contributed by atoms with Gasteiger partial charge in [-0.3, -0.25) is 9.97 Å². The van der Waals surface area contributed by atoms with Crippen molar-refractivity contribution in [2.24, 2.45) is 0 Å². The van der Waals surface area contributed by atoms with E-state index >= 15 is 0 Å². The van der Waals surface area contributed by atoms with E-state index < -0.39 is 0 Å². The molecule has 0 unspecified atom stereocenters. The molecule has 0 fully saturated rings. The van der Waals surface area contributed by atoms with Crippen LogP contribution in [0.2, 0.25) is 5.02 Å². The summed E-state index contributed by atoms with van der Waals surface area (Å²) in [4.78, 5) is 13.1. The third kappa shape index (κ3) is 3.00. The lowest BCUT2D eigenvalue weighted by Crippen LogP contribution is -1.91. The first kappa shape index (κ1) is 14.2.